The summed E-state index contributed by atoms with van der Waals surface area (Å²) in [4.78, 5) is 5.77. The molecule has 0 saturated heterocycles. The van der Waals surface area contributed by atoms with Gasteiger partial charge in [0.15, 0.2) is 0 Å². The molecule has 0 saturated carbocycles. The number of rotatable bonds is 5. The van der Waals surface area contributed by atoms with Crippen LogP contribution in [0.5, 0.6) is 0 Å². The lowest BCUT2D eigenvalue weighted by atomic mass is 9.63. The minimum Gasteiger partial charge on any atom is -0.309 e. The Balaban J connectivity index is 1.05. The fraction of sp³-hybridized carbons (Fsp3) is 0.0536. The van der Waals surface area contributed by atoms with Gasteiger partial charge in [0, 0.05) is 16.5 Å². The van der Waals surface area contributed by atoms with Gasteiger partial charge in [-0.1, -0.05) is 176 Å². The van der Waals surface area contributed by atoms with Crippen LogP contribution < -0.4 is 0 Å². The van der Waals surface area contributed by atoms with Crippen LogP contribution in [0.4, 0.5) is 5.69 Å². The van der Waals surface area contributed by atoms with Gasteiger partial charge >= 0.3 is 0 Å². The molecule has 1 aliphatic heterocycles. The van der Waals surface area contributed by atoms with Crippen molar-refractivity contribution in [3.05, 3.63) is 229 Å². The SMILES string of the molecule is C1=CCCC(C2(c3ccccc3)C(c3ccccc3)=Nc3c2ccc2c3c3ccccc3n2-c2ccc(-c3ccc4c5ccccc5c5ccccc5c4c3)cc2)=C1. The summed E-state index contributed by atoms with van der Waals surface area (Å²) in [5.41, 5.74) is 12.6. The molecular weight excluding hydrogens is 701 g/mol. The average Bonchev–Trinajstić information content (AvgIpc) is 3.84. The topological polar surface area (TPSA) is 17.3 Å². The van der Waals surface area contributed by atoms with Crippen molar-refractivity contribution in [2.75, 3.05) is 0 Å². The fourth-order valence-corrected chi connectivity index (χ4v) is 10.2. The maximum absolute atomic E-state index is 5.77. The van der Waals surface area contributed by atoms with E-state index in [1.165, 1.54) is 76.4 Å². The van der Waals surface area contributed by atoms with Crippen LogP contribution in [0.25, 0.3) is 70.9 Å². The van der Waals surface area contributed by atoms with E-state index < -0.39 is 5.41 Å². The highest BCUT2D eigenvalue weighted by molar-refractivity contribution is 6.26. The van der Waals surface area contributed by atoms with E-state index in [9.17, 15) is 0 Å². The Hall–Kier alpha value is -7.29. The fourth-order valence-electron chi connectivity index (χ4n) is 10.2. The second kappa shape index (κ2) is 12.9. The molecule has 1 unspecified atom stereocenters. The van der Waals surface area contributed by atoms with Gasteiger partial charge in [0.05, 0.1) is 27.8 Å². The number of fused-ring (bicyclic) bond motifs is 11. The molecule has 2 nitrogen and oxygen atoms in total. The van der Waals surface area contributed by atoms with Gasteiger partial charge in [-0.3, -0.25) is 4.99 Å². The Bertz CT molecular complexity index is 3330. The zero-order valence-corrected chi connectivity index (χ0v) is 31.9. The molecule has 0 amide bonds. The van der Waals surface area contributed by atoms with Crippen LogP contribution in [0.2, 0.25) is 0 Å². The number of aromatic nitrogens is 1. The van der Waals surface area contributed by atoms with Crippen LogP contribution in [0.1, 0.15) is 29.5 Å². The lowest BCUT2D eigenvalue weighted by molar-refractivity contribution is 0.751. The molecule has 2 heterocycles. The number of allylic oxidation sites excluding steroid dienone is 4. The lowest BCUT2D eigenvalue weighted by Crippen LogP contribution is -2.37. The van der Waals surface area contributed by atoms with E-state index in [0.29, 0.717) is 0 Å². The first kappa shape index (κ1) is 32.9. The van der Waals surface area contributed by atoms with Crippen LogP contribution in [-0.4, -0.2) is 10.3 Å². The van der Waals surface area contributed by atoms with Gasteiger partial charge in [-0.05, 0) is 109 Å². The van der Waals surface area contributed by atoms with Crippen molar-refractivity contribution in [1.29, 1.82) is 0 Å². The highest BCUT2D eigenvalue weighted by Crippen LogP contribution is 2.56. The number of para-hydroxylation sites is 1. The largest absolute Gasteiger partial charge is 0.309 e. The van der Waals surface area contributed by atoms with E-state index >= 15 is 0 Å². The number of nitrogens with zero attached hydrogens (tertiary/aromatic N) is 2. The van der Waals surface area contributed by atoms with Gasteiger partial charge in [-0.15, -0.1) is 0 Å². The van der Waals surface area contributed by atoms with E-state index in [1.807, 2.05) is 0 Å². The molecule has 0 bridgehead atoms. The second-order valence-corrected chi connectivity index (χ2v) is 15.7. The Morgan fingerprint density at radius 3 is 1.76 bits per heavy atom. The maximum atomic E-state index is 5.77. The van der Waals surface area contributed by atoms with Gasteiger partial charge in [0.2, 0.25) is 0 Å². The first-order valence-electron chi connectivity index (χ1n) is 20.4. The average molecular weight is 739 g/mol. The molecule has 10 aromatic rings. The first-order chi connectivity index (χ1) is 28.8. The third kappa shape index (κ3) is 4.69. The lowest BCUT2D eigenvalue weighted by Gasteiger charge is -2.37. The van der Waals surface area contributed by atoms with Gasteiger partial charge in [0.25, 0.3) is 0 Å². The molecule has 1 atom stereocenters. The predicted octanol–water partition coefficient (Wildman–Crippen LogP) is 14.6. The van der Waals surface area contributed by atoms with Crippen LogP contribution in [-0.2, 0) is 5.41 Å². The van der Waals surface area contributed by atoms with E-state index in [4.69, 9.17) is 4.99 Å². The van der Waals surface area contributed by atoms with Gasteiger partial charge in [-0.25, -0.2) is 0 Å². The molecule has 0 N–H and O–H groups in total. The number of hydrogen-bond donors (Lipinski definition) is 0. The number of aliphatic imine (C=N–C) groups is 1. The van der Waals surface area contributed by atoms with Gasteiger partial charge < -0.3 is 4.57 Å². The quantitative estimate of drug-likeness (QED) is 0.156. The minimum absolute atomic E-state index is 0.515. The summed E-state index contributed by atoms with van der Waals surface area (Å²) in [6, 6.07) is 69.1. The summed E-state index contributed by atoms with van der Waals surface area (Å²) >= 11 is 0. The second-order valence-electron chi connectivity index (χ2n) is 15.7. The highest BCUT2D eigenvalue weighted by atomic mass is 15.0. The van der Waals surface area contributed by atoms with Crippen LogP contribution in [0.15, 0.2) is 217 Å². The summed E-state index contributed by atoms with van der Waals surface area (Å²) in [7, 11) is 0. The normalized spacial score (nSPS) is 16.3. The predicted molar refractivity (Wildman–Crippen MR) is 245 cm³/mol. The summed E-state index contributed by atoms with van der Waals surface area (Å²) < 4.78 is 2.43. The number of hydrogen-bond acceptors (Lipinski definition) is 1. The van der Waals surface area contributed by atoms with Crippen molar-refractivity contribution in [3.8, 4) is 16.8 Å². The molecule has 0 fully saturated rings. The van der Waals surface area contributed by atoms with Gasteiger partial charge in [-0.2, -0.15) is 0 Å². The number of benzene rings is 9. The van der Waals surface area contributed by atoms with Crippen molar-refractivity contribution in [3.63, 3.8) is 0 Å². The van der Waals surface area contributed by atoms with Gasteiger partial charge in [0.1, 0.15) is 0 Å². The van der Waals surface area contributed by atoms with E-state index in [2.05, 4.69) is 211 Å². The Morgan fingerprint density at radius 1 is 0.466 bits per heavy atom. The Kier molecular flexibility index (Phi) is 7.30. The molecule has 9 aromatic carbocycles. The molecule has 0 radical (unpaired) electrons. The van der Waals surface area contributed by atoms with Crippen molar-refractivity contribution < 1.29 is 0 Å². The molecule has 2 heteroatoms. The molecule has 1 aromatic heterocycles. The standard InChI is InChI=1S/C56H38N2/c1-4-16-38(17-5-1)55-56(40-18-6-2-7-19-40,41-20-8-3-9-21-41)50-34-35-52-53(54(50)57-55)48-26-14-15-27-51(48)58(52)42-31-28-37(29-32-42)39-30-33-47-45-24-11-10-22-43(45)44-23-12-13-25-46(44)49(47)36-39/h1-8,10-20,22-36H,9,21H2. The van der Waals surface area contributed by atoms with Crippen LogP contribution >= 0.6 is 0 Å². The highest BCUT2D eigenvalue weighted by Gasteiger charge is 2.49. The third-order valence-corrected chi connectivity index (χ3v) is 12.7. The molecular formula is C56H38N2. The zero-order chi connectivity index (χ0) is 38.2. The molecule has 0 spiro atoms. The molecule has 58 heavy (non-hydrogen) atoms. The zero-order valence-electron chi connectivity index (χ0n) is 31.9. The Morgan fingerprint density at radius 2 is 1.07 bits per heavy atom. The van der Waals surface area contributed by atoms with E-state index in [0.717, 1.165) is 41.0 Å². The first-order valence-corrected chi connectivity index (χ1v) is 20.4. The van der Waals surface area contributed by atoms with E-state index in [1.54, 1.807) is 0 Å². The Labute approximate surface area is 337 Å². The third-order valence-electron chi connectivity index (χ3n) is 12.7. The molecule has 12 rings (SSSR count). The molecule has 1 aliphatic carbocycles. The summed E-state index contributed by atoms with van der Waals surface area (Å²) in [6.45, 7) is 0. The molecule has 272 valence electrons. The van der Waals surface area contributed by atoms with Crippen molar-refractivity contribution >= 4 is 65.5 Å². The van der Waals surface area contributed by atoms with Crippen LogP contribution in [0, 0.1) is 0 Å². The van der Waals surface area contributed by atoms with Crippen molar-refractivity contribution in [2.45, 2.75) is 18.3 Å². The minimum atomic E-state index is -0.515. The summed E-state index contributed by atoms with van der Waals surface area (Å²) in [5.74, 6) is 0. The van der Waals surface area contributed by atoms with Crippen molar-refractivity contribution in [2.24, 2.45) is 4.99 Å². The van der Waals surface area contributed by atoms with Crippen LogP contribution in [0.3, 0.4) is 0 Å². The van der Waals surface area contributed by atoms with Crippen molar-refractivity contribution in [1.82, 2.24) is 4.57 Å². The summed E-state index contributed by atoms with van der Waals surface area (Å²) in [5, 5.41) is 10.2. The monoisotopic (exact) mass is 738 g/mol. The summed E-state index contributed by atoms with van der Waals surface area (Å²) in [6.07, 6.45) is 8.86. The van der Waals surface area contributed by atoms with E-state index in [-0.39, 0.29) is 0 Å². The molecule has 2 aliphatic rings. The maximum Gasteiger partial charge on any atom is 0.0864 e. The smallest absolute Gasteiger partial charge is 0.0864 e.